The minimum absolute atomic E-state index is 0.224. The van der Waals surface area contributed by atoms with Crippen molar-refractivity contribution in [2.24, 2.45) is 4.99 Å². The first kappa shape index (κ1) is 24.0. The number of hydrogen-bond acceptors (Lipinski definition) is 7. The van der Waals surface area contributed by atoms with Gasteiger partial charge in [0.2, 0.25) is 0 Å². The number of hydrogen-bond donors (Lipinski definition) is 0. The Morgan fingerprint density at radius 2 is 1.91 bits per heavy atom. The van der Waals surface area contributed by atoms with E-state index in [2.05, 4.69) is 20.9 Å². The van der Waals surface area contributed by atoms with Gasteiger partial charge in [-0.2, -0.15) is 0 Å². The van der Waals surface area contributed by atoms with Crippen LogP contribution in [0, 0.1) is 0 Å². The fourth-order valence-electron chi connectivity index (χ4n) is 3.82. The lowest BCUT2D eigenvalue weighted by molar-refractivity contribution is -0.139. The molecule has 0 saturated carbocycles. The van der Waals surface area contributed by atoms with Gasteiger partial charge in [-0.05, 0) is 71.2 Å². The molecule has 9 heteroatoms. The number of esters is 1. The number of ether oxygens (including phenoxy) is 3. The molecule has 0 saturated heterocycles. The van der Waals surface area contributed by atoms with Crippen LogP contribution in [-0.4, -0.2) is 31.4 Å². The summed E-state index contributed by atoms with van der Waals surface area (Å²) >= 11 is 4.76. The Hall–Kier alpha value is -3.17. The van der Waals surface area contributed by atoms with Crippen molar-refractivity contribution in [3.8, 4) is 11.5 Å². The first-order chi connectivity index (χ1) is 16.4. The average molecular weight is 543 g/mol. The second-order valence-electron chi connectivity index (χ2n) is 7.47. The molecule has 1 aliphatic rings. The molecule has 1 atom stereocenters. The van der Waals surface area contributed by atoms with Crippen LogP contribution in [-0.2, 0) is 9.53 Å². The van der Waals surface area contributed by atoms with Crippen LogP contribution in [0.15, 0.2) is 68.0 Å². The Kier molecular flexibility index (Phi) is 7.04. The molecule has 4 rings (SSSR count). The number of fused-ring (bicyclic) bond motifs is 1. The first-order valence-corrected chi connectivity index (χ1v) is 12.2. The minimum atomic E-state index is -0.661. The van der Waals surface area contributed by atoms with Crippen molar-refractivity contribution in [3.63, 3.8) is 0 Å². The summed E-state index contributed by atoms with van der Waals surface area (Å²) in [5.41, 5.74) is 2.24. The summed E-state index contributed by atoms with van der Waals surface area (Å²) in [6.45, 7) is 3.74. The smallest absolute Gasteiger partial charge is 0.338 e. The number of carbonyl (C=O) groups is 1. The SMILES string of the molecule is CCOC(=O)C1=C(C)N=c2s/c(=C\c3ccc(OC)c(Br)c3)c(=O)n2[C@@H]1c1ccc(OC)cc1. The van der Waals surface area contributed by atoms with E-state index in [1.165, 1.54) is 11.3 Å². The van der Waals surface area contributed by atoms with E-state index in [-0.39, 0.29) is 12.2 Å². The molecule has 1 aliphatic heterocycles. The zero-order chi connectivity index (χ0) is 24.4. The standard InChI is InChI=1S/C25H23BrN2O5S/c1-5-33-24(30)21-14(2)27-25-28(22(21)16-7-9-17(31-3)10-8-16)23(29)20(34-25)13-15-6-11-19(32-4)18(26)12-15/h6-13,22H,5H2,1-4H3/b20-13-/t22-/m1/s1. The maximum atomic E-state index is 13.6. The number of rotatable bonds is 6. The summed E-state index contributed by atoms with van der Waals surface area (Å²) < 4.78 is 18.7. The number of aromatic nitrogens is 1. The largest absolute Gasteiger partial charge is 0.497 e. The summed E-state index contributed by atoms with van der Waals surface area (Å²) in [6, 6.07) is 12.2. The molecular formula is C25H23BrN2O5S. The van der Waals surface area contributed by atoms with E-state index < -0.39 is 12.0 Å². The fraction of sp³-hybridized carbons (Fsp3) is 0.240. The Morgan fingerprint density at radius 1 is 1.18 bits per heavy atom. The Morgan fingerprint density at radius 3 is 2.53 bits per heavy atom. The second kappa shape index (κ2) is 9.99. The van der Waals surface area contributed by atoms with E-state index in [0.717, 1.165) is 15.6 Å². The first-order valence-electron chi connectivity index (χ1n) is 10.5. The number of methoxy groups -OCH3 is 2. The maximum Gasteiger partial charge on any atom is 0.338 e. The van der Waals surface area contributed by atoms with Gasteiger partial charge < -0.3 is 14.2 Å². The van der Waals surface area contributed by atoms with Gasteiger partial charge in [-0.15, -0.1) is 0 Å². The lowest BCUT2D eigenvalue weighted by Crippen LogP contribution is -2.39. The molecule has 0 unspecified atom stereocenters. The van der Waals surface area contributed by atoms with E-state index in [9.17, 15) is 9.59 Å². The maximum absolute atomic E-state index is 13.6. The molecular weight excluding hydrogens is 520 g/mol. The van der Waals surface area contributed by atoms with Crippen molar-refractivity contribution in [1.29, 1.82) is 0 Å². The predicted molar refractivity (Wildman–Crippen MR) is 134 cm³/mol. The van der Waals surface area contributed by atoms with Crippen molar-refractivity contribution in [3.05, 3.63) is 89.0 Å². The average Bonchev–Trinajstić information content (AvgIpc) is 3.12. The highest BCUT2D eigenvalue weighted by atomic mass is 79.9. The molecule has 176 valence electrons. The third-order valence-electron chi connectivity index (χ3n) is 5.42. The molecule has 7 nitrogen and oxygen atoms in total. The summed E-state index contributed by atoms with van der Waals surface area (Å²) in [5, 5.41) is 0. The number of thiazole rings is 1. The fourth-order valence-corrected chi connectivity index (χ4v) is 5.42. The van der Waals surface area contributed by atoms with E-state index in [1.807, 2.05) is 36.4 Å². The molecule has 0 spiro atoms. The lowest BCUT2D eigenvalue weighted by atomic mass is 9.96. The lowest BCUT2D eigenvalue weighted by Gasteiger charge is -2.24. The monoisotopic (exact) mass is 542 g/mol. The molecule has 0 amide bonds. The molecule has 0 fully saturated rings. The van der Waals surface area contributed by atoms with Gasteiger partial charge in [-0.1, -0.05) is 29.5 Å². The van der Waals surface area contributed by atoms with Crippen molar-refractivity contribution in [2.75, 3.05) is 20.8 Å². The summed E-state index contributed by atoms with van der Waals surface area (Å²) in [4.78, 5) is 31.7. The van der Waals surface area contributed by atoms with Gasteiger partial charge in [-0.3, -0.25) is 9.36 Å². The Labute approximate surface area is 208 Å². The summed E-state index contributed by atoms with van der Waals surface area (Å²) in [6.07, 6.45) is 1.81. The van der Waals surface area contributed by atoms with Gasteiger partial charge in [0, 0.05) is 0 Å². The van der Waals surface area contributed by atoms with Gasteiger partial charge in [0.05, 0.1) is 47.1 Å². The molecule has 1 aromatic heterocycles. The second-order valence-corrected chi connectivity index (χ2v) is 9.33. The van der Waals surface area contributed by atoms with Crippen LogP contribution in [0.1, 0.15) is 31.0 Å². The van der Waals surface area contributed by atoms with Crippen LogP contribution in [0.2, 0.25) is 0 Å². The van der Waals surface area contributed by atoms with Crippen LogP contribution in [0.25, 0.3) is 6.08 Å². The Bertz CT molecular complexity index is 1450. The molecule has 0 aliphatic carbocycles. The highest BCUT2D eigenvalue weighted by Gasteiger charge is 2.33. The number of allylic oxidation sites excluding steroid dienone is 1. The van der Waals surface area contributed by atoms with Crippen LogP contribution < -0.4 is 24.4 Å². The van der Waals surface area contributed by atoms with Crippen molar-refractivity contribution in [2.45, 2.75) is 19.9 Å². The number of carbonyl (C=O) groups excluding carboxylic acids is 1. The van der Waals surface area contributed by atoms with Crippen LogP contribution >= 0.6 is 27.3 Å². The highest BCUT2D eigenvalue weighted by molar-refractivity contribution is 9.10. The molecule has 2 heterocycles. The molecule has 0 radical (unpaired) electrons. The van der Waals surface area contributed by atoms with E-state index in [4.69, 9.17) is 14.2 Å². The number of nitrogens with zero attached hydrogens (tertiary/aromatic N) is 2. The molecule has 3 aromatic rings. The highest BCUT2D eigenvalue weighted by Crippen LogP contribution is 2.31. The van der Waals surface area contributed by atoms with E-state index in [0.29, 0.717) is 32.1 Å². The summed E-state index contributed by atoms with van der Waals surface area (Å²) in [5.74, 6) is 0.894. The zero-order valence-corrected chi connectivity index (χ0v) is 21.5. The third-order valence-corrected chi connectivity index (χ3v) is 7.02. The van der Waals surface area contributed by atoms with Crippen molar-refractivity contribution in [1.82, 2.24) is 4.57 Å². The van der Waals surface area contributed by atoms with E-state index in [1.54, 1.807) is 44.8 Å². The molecule has 0 bridgehead atoms. The van der Waals surface area contributed by atoms with Gasteiger partial charge in [0.1, 0.15) is 11.5 Å². The quantitative estimate of drug-likeness (QED) is 0.445. The van der Waals surface area contributed by atoms with Gasteiger partial charge in [-0.25, -0.2) is 9.79 Å². The third kappa shape index (κ3) is 4.45. The number of halogens is 1. The summed E-state index contributed by atoms with van der Waals surface area (Å²) in [7, 11) is 3.18. The van der Waals surface area contributed by atoms with Gasteiger partial charge in [0.15, 0.2) is 4.80 Å². The topological polar surface area (TPSA) is 79.1 Å². The zero-order valence-electron chi connectivity index (χ0n) is 19.1. The van der Waals surface area contributed by atoms with E-state index >= 15 is 0 Å². The molecule has 2 aromatic carbocycles. The van der Waals surface area contributed by atoms with Crippen LogP contribution in [0.4, 0.5) is 0 Å². The van der Waals surface area contributed by atoms with Gasteiger partial charge in [0.25, 0.3) is 5.56 Å². The predicted octanol–water partition coefficient (Wildman–Crippen LogP) is 3.58. The normalized spacial score (nSPS) is 15.6. The molecule has 0 N–H and O–H groups in total. The van der Waals surface area contributed by atoms with Crippen molar-refractivity contribution >= 4 is 39.3 Å². The van der Waals surface area contributed by atoms with Crippen LogP contribution in [0.5, 0.6) is 11.5 Å². The minimum Gasteiger partial charge on any atom is -0.497 e. The van der Waals surface area contributed by atoms with Gasteiger partial charge >= 0.3 is 5.97 Å². The van der Waals surface area contributed by atoms with Crippen LogP contribution in [0.3, 0.4) is 0 Å². The van der Waals surface area contributed by atoms with Crippen molar-refractivity contribution < 1.29 is 19.0 Å². The number of benzene rings is 2. The molecule has 34 heavy (non-hydrogen) atoms. The Balaban J connectivity index is 1.92.